The van der Waals surface area contributed by atoms with E-state index >= 15 is 0 Å². The molecule has 1 unspecified atom stereocenters. The van der Waals surface area contributed by atoms with Gasteiger partial charge >= 0.3 is 0 Å². The van der Waals surface area contributed by atoms with E-state index in [9.17, 15) is 0 Å². The molecular formula is C14H20N2O. The molecular weight excluding hydrogens is 212 g/mol. The van der Waals surface area contributed by atoms with Gasteiger partial charge in [-0.1, -0.05) is 18.2 Å². The third kappa shape index (κ3) is 2.37. The molecule has 3 nitrogen and oxygen atoms in total. The van der Waals surface area contributed by atoms with Crippen molar-refractivity contribution in [2.75, 3.05) is 20.3 Å². The predicted octanol–water partition coefficient (Wildman–Crippen LogP) is 1.51. The molecule has 2 heterocycles. The first kappa shape index (κ1) is 11.2. The van der Waals surface area contributed by atoms with Crippen LogP contribution in [0.3, 0.4) is 0 Å². The molecule has 0 aliphatic carbocycles. The molecule has 0 spiro atoms. The van der Waals surface area contributed by atoms with Gasteiger partial charge in [0.05, 0.1) is 6.61 Å². The number of likely N-dealkylation sites (N-methyl/N-ethyl adjacent to an activating group) is 1. The van der Waals surface area contributed by atoms with Gasteiger partial charge in [-0.3, -0.25) is 4.90 Å². The summed E-state index contributed by atoms with van der Waals surface area (Å²) in [4.78, 5) is 2.41. The van der Waals surface area contributed by atoms with Gasteiger partial charge in [0.2, 0.25) is 0 Å². The Bertz CT molecular complexity index is 399. The van der Waals surface area contributed by atoms with Crippen LogP contribution in [0.25, 0.3) is 0 Å². The number of ether oxygens (including phenoxy) is 1. The number of benzene rings is 1. The zero-order chi connectivity index (χ0) is 11.7. The van der Waals surface area contributed by atoms with Gasteiger partial charge < -0.3 is 10.1 Å². The van der Waals surface area contributed by atoms with Gasteiger partial charge in [0.25, 0.3) is 0 Å². The van der Waals surface area contributed by atoms with Crippen LogP contribution in [0, 0.1) is 0 Å². The van der Waals surface area contributed by atoms with E-state index in [1.807, 2.05) is 0 Å². The van der Waals surface area contributed by atoms with Crippen molar-refractivity contribution in [2.24, 2.45) is 0 Å². The first-order chi connectivity index (χ1) is 8.33. The second kappa shape index (κ2) is 4.77. The topological polar surface area (TPSA) is 24.5 Å². The van der Waals surface area contributed by atoms with Crippen molar-refractivity contribution in [1.82, 2.24) is 10.2 Å². The fraction of sp³-hybridized carbons (Fsp3) is 0.571. The van der Waals surface area contributed by atoms with Crippen LogP contribution in [0.1, 0.15) is 23.1 Å². The molecule has 92 valence electrons. The molecule has 0 aromatic heterocycles. The van der Waals surface area contributed by atoms with Gasteiger partial charge in [0, 0.05) is 32.3 Å². The summed E-state index contributed by atoms with van der Waals surface area (Å²) in [7, 11) is 2.20. The van der Waals surface area contributed by atoms with Crippen molar-refractivity contribution in [3.05, 3.63) is 34.9 Å². The first-order valence-electron chi connectivity index (χ1n) is 6.42. The maximum atomic E-state index is 5.44. The molecule has 2 aliphatic heterocycles. The van der Waals surface area contributed by atoms with Gasteiger partial charge in [0.1, 0.15) is 0 Å². The Balaban J connectivity index is 1.68. The standard InChI is InChI=1S/C14H20N2O/c1-16(14-4-5-17-10-14)9-11-2-3-12-7-15-8-13(12)6-11/h2-3,6,14-15H,4-5,7-10H2,1H3. The highest BCUT2D eigenvalue weighted by Crippen LogP contribution is 2.19. The van der Waals surface area contributed by atoms with Crippen LogP contribution in [-0.4, -0.2) is 31.2 Å². The lowest BCUT2D eigenvalue weighted by Gasteiger charge is -2.23. The number of hydrogen-bond acceptors (Lipinski definition) is 3. The van der Waals surface area contributed by atoms with Crippen LogP contribution in [-0.2, 0) is 24.4 Å². The van der Waals surface area contributed by atoms with E-state index < -0.39 is 0 Å². The van der Waals surface area contributed by atoms with Crippen LogP contribution in [0.15, 0.2) is 18.2 Å². The molecule has 1 fully saturated rings. The smallest absolute Gasteiger partial charge is 0.0622 e. The van der Waals surface area contributed by atoms with Crippen LogP contribution in [0.4, 0.5) is 0 Å². The highest BCUT2D eigenvalue weighted by molar-refractivity contribution is 5.34. The SMILES string of the molecule is CN(Cc1ccc2c(c1)CNC2)C1CCOC1. The minimum absolute atomic E-state index is 0.598. The van der Waals surface area contributed by atoms with Gasteiger partial charge in [-0.2, -0.15) is 0 Å². The number of nitrogens with one attached hydrogen (secondary N) is 1. The van der Waals surface area contributed by atoms with Crippen molar-refractivity contribution in [1.29, 1.82) is 0 Å². The minimum Gasteiger partial charge on any atom is -0.380 e. The summed E-state index contributed by atoms with van der Waals surface area (Å²) in [6.45, 7) is 4.90. The largest absolute Gasteiger partial charge is 0.380 e. The van der Waals surface area contributed by atoms with E-state index in [4.69, 9.17) is 4.74 Å². The predicted molar refractivity (Wildman–Crippen MR) is 67.7 cm³/mol. The zero-order valence-corrected chi connectivity index (χ0v) is 10.4. The Morgan fingerprint density at radius 2 is 2.24 bits per heavy atom. The van der Waals surface area contributed by atoms with Gasteiger partial charge in [-0.25, -0.2) is 0 Å². The molecule has 1 aromatic rings. The molecule has 0 amide bonds. The molecule has 0 bridgehead atoms. The molecule has 3 heteroatoms. The highest BCUT2D eigenvalue weighted by atomic mass is 16.5. The minimum atomic E-state index is 0.598. The summed E-state index contributed by atoms with van der Waals surface area (Å²) in [5, 5.41) is 3.39. The van der Waals surface area contributed by atoms with E-state index in [-0.39, 0.29) is 0 Å². The Hall–Kier alpha value is -0.900. The fourth-order valence-electron chi connectivity index (χ4n) is 2.73. The summed E-state index contributed by atoms with van der Waals surface area (Å²) in [6, 6.07) is 7.48. The third-order valence-corrected chi connectivity index (χ3v) is 3.86. The van der Waals surface area contributed by atoms with E-state index in [1.54, 1.807) is 0 Å². The van der Waals surface area contributed by atoms with Crippen LogP contribution < -0.4 is 5.32 Å². The van der Waals surface area contributed by atoms with Gasteiger partial charge in [-0.15, -0.1) is 0 Å². The van der Waals surface area contributed by atoms with Crippen molar-refractivity contribution in [2.45, 2.75) is 32.1 Å². The molecule has 0 radical (unpaired) electrons. The van der Waals surface area contributed by atoms with Crippen molar-refractivity contribution in [3.63, 3.8) is 0 Å². The van der Waals surface area contributed by atoms with Crippen molar-refractivity contribution in [3.8, 4) is 0 Å². The number of rotatable bonds is 3. The van der Waals surface area contributed by atoms with Crippen LogP contribution in [0.5, 0.6) is 0 Å². The lowest BCUT2D eigenvalue weighted by atomic mass is 10.1. The molecule has 2 aliphatic rings. The lowest BCUT2D eigenvalue weighted by molar-refractivity contribution is 0.156. The van der Waals surface area contributed by atoms with Crippen molar-refractivity contribution >= 4 is 0 Å². The maximum Gasteiger partial charge on any atom is 0.0622 e. The quantitative estimate of drug-likeness (QED) is 0.855. The Morgan fingerprint density at radius 3 is 3.06 bits per heavy atom. The number of fused-ring (bicyclic) bond motifs is 1. The second-order valence-electron chi connectivity index (χ2n) is 5.14. The molecule has 1 atom stereocenters. The Morgan fingerprint density at radius 1 is 1.35 bits per heavy atom. The fourth-order valence-corrected chi connectivity index (χ4v) is 2.73. The summed E-state index contributed by atoms with van der Waals surface area (Å²) in [6.07, 6.45) is 1.17. The van der Waals surface area contributed by atoms with Gasteiger partial charge in [-0.05, 0) is 30.2 Å². The molecule has 1 saturated heterocycles. The first-order valence-corrected chi connectivity index (χ1v) is 6.42. The normalized spacial score (nSPS) is 23.3. The molecule has 1 aromatic carbocycles. The Kier molecular flexibility index (Phi) is 3.14. The number of hydrogen-bond donors (Lipinski definition) is 1. The average Bonchev–Trinajstić information content (AvgIpc) is 2.99. The van der Waals surface area contributed by atoms with Crippen LogP contribution in [0.2, 0.25) is 0 Å². The molecule has 17 heavy (non-hydrogen) atoms. The molecule has 3 rings (SSSR count). The Labute approximate surface area is 103 Å². The molecule has 1 N–H and O–H groups in total. The molecule has 0 saturated carbocycles. The average molecular weight is 232 g/mol. The second-order valence-corrected chi connectivity index (χ2v) is 5.14. The zero-order valence-electron chi connectivity index (χ0n) is 10.4. The summed E-state index contributed by atoms with van der Waals surface area (Å²) in [5.41, 5.74) is 4.35. The highest BCUT2D eigenvalue weighted by Gasteiger charge is 2.20. The maximum absolute atomic E-state index is 5.44. The summed E-state index contributed by atoms with van der Waals surface area (Å²) in [5.74, 6) is 0. The van der Waals surface area contributed by atoms with E-state index in [2.05, 4.69) is 35.5 Å². The van der Waals surface area contributed by atoms with E-state index in [0.717, 1.165) is 32.8 Å². The van der Waals surface area contributed by atoms with Crippen molar-refractivity contribution < 1.29 is 4.74 Å². The van der Waals surface area contributed by atoms with E-state index in [1.165, 1.54) is 23.1 Å². The third-order valence-electron chi connectivity index (χ3n) is 3.86. The summed E-state index contributed by atoms with van der Waals surface area (Å²) < 4.78 is 5.44. The number of nitrogens with zero attached hydrogens (tertiary/aromatic N) is 1. The van der Waals surface area contributed by atoms with Gasteiger partial charge in [0.15, 0.2) is 0 Å². The summed E-state index contributed by atoms with van der Waals surface area (Å²) >= 11 is 0. The monoisotopic (exact) mass is 232 g/mol. The van der Waals surface area contributed by atoms with Crippen LogP contribution >= 0.6 is 0 Å². The van der Waals surface area contributed by atoms with E-state index in [0.29, 0.717) is 6.04 Å². The lowest BCUT2D eigenvalue weighted by Crippen LogP contribution is -2.31.